The predicted molar refractivity (Wildman–Crippen MR) is 78.5 cm³/mol. The quantitative estimate of drug-likeness (QED) is 0.233. The van der Waals surface area contributed by atoms with Crippen LogP contribution >= 0.6 is 22.6 Å². The van der Waals surface area contributed by atoms with E-state index in [4.69, 9.17) is 0 Å². The van der Waals surface area contributed by atoms with Crippen molar-refractivity contribution in [2.24, 2.45) is 0 Å². The molecular weight excluding hydrogens is 295 g/mol. The van der Waals surface area contributed by atoms with Crippen LogP contribution in [0.1, 0.15) is 71.1 Å². The maximum atomic E-state index is 3.25. The van der Waals surface area contributed by atoms with Gasteiger partial charge in [0.25, 0.3) is 0 Å². The molecule has 0 aromatic rings. The van der Waals surface area contributed by atoms with Crippen LogP contribution in [-0.4, -0.2) is 4.43 Å². The highest BCUT2D eigenvalue weighted by molar-refractivity contribution is 14.1. The summed E-state index contributed by atoms with van der Waals surface area (Å²) in [6.07, 6.45) is 13.2. The summed E-state index contributed by atoms with van der Waals surface area (Å²) in [7, 11) is 0. The molecule has 0 bridgehead atoms. The molecule has 0 unspecified atom stereocenters. The molecule has 0 N–H and O–H groups in total. The van der Waals surface area contributed by atoms with Gasteiger partial charge in [-0.3, -0.25) is 0 Å². The molecule has 0 fully saturated rings. The minimum absolute atomic E-state index is 1.08. The molecule has 0 aliphatic carbocycles. The van der Waals surface area contributed by atoms with Gasteiger partial charge in [-0.1, -0.05) is 61.6 Å². The molecule has 0 amide bonds. The zero-order valence-electron chi connectivity index (χ0n) is 10.2. The number of hydrogen-bond acceptors (Lipinski definition) is 0. The molecule has 0 heterocycles. The summed E-state index contributed by atoms with van der Waals surface area (Å²) < 4.78 is 1.32. The smallest absolute Gasteiger partial charge is 0.00886 e. The molecule has 0 aromatic carbocycles. The van der Waals surface area contributed by atoms with Gasteiger partial charge in [0.15, 0.2) is 0 Å². The van der Waals surface area contributed by atoms with Gasteiger partial charge in [0.05, 0.1) is 0 Å². The molecule has 0 nitrogen and oxygen atoms in total. The van der Waals surface area contributed by atoms with Gasteiger partial charge >= 0.3 is 0 Å². The molecule has 0 spiro atoms. The summed E-state index contributed by atoms with van der Waals surface area (Å²) in [6, 6.07) is 0. The predicted octanol–water partition coefficient (Wildman–Crippen LogP) is 5.35. The molecule has 0 aliphatic heterocycles. The van der Waals surface area contributed by atoms with Gasteiger partial charge in [0.1, 0.15) is 0 Å². The Balaban J connectivity index is 2.96. The number of rotatable bonds is 9. The second-order valence-electron chi connectivity index (χ2n) is 4.02. The summed E-state index contributed by atoms with van der Waals surface area (Å²) >= 11 is 2.46. The average molecular weight is 320 g/mol. The first-order chi connectivity index (χ1) is 7.41. The lowest BCUT2D eigenvalue weighted by molar-refractivity contribution is 0.596. The Morgan fingerprint density at radius 2 is 1.27 bits per heavy atom. The molecule has 88 valence electrons. The lowest BCUT2D eigenvalue weighted by Crippen LogP contribution is -1.81. The second kappa shape index (κ2) is 14.3. The van der Waals surface area contributed by atoms with Gasteiger partial charge in [-0.25, -0.2) is 0 Å². The van der Waals surface area contributed by atoms with Crippen LogP contribution in [0.3, 0.4) is 0 Å². The van der Waals surface area contributed by atoms with E-state index < -0.39 is 0 Å². The van der Waals surface area contributed by atoms with Gasteiger partial charge in [0.2, 0.25) is 0 Å². The molecule has 0 aromatic heterocycles. The molecule has 0 aliphatic rings. The van der Waals surface area contributed by atoms with Crippen LogP contribution in [0.25, 0.3) is 0 Å². The van der Waals surface area contributed by atoms with E-state index >= 15 is 0 Å². The molecule has 0 saturated heterocycles. The van der Waals surface area contributed by atoms with Crippen LogP contribution < -0.4 is 0 Å². The molecule has 0 saturated carbocycles. The van der Waals surface area contributed by atoms with Crippen molar-refractivity contribution < 1.29 is 0 Å². The van der Waals surface area contributed by atoms with Crippen molar-refractivity contribution in [3.05, 3.63) is 0 Å². The zero-order valence-corrected chi connectivity index (χ0v) is 12.3. The maximum Gasteiger partial charge on any atom is 0.00886 e. The number of alkyl halides is 1. The fourth-order valence-electron chi connectivity index (χ4n) is 1.49. The Morgan fingerprint density at radius 3 is 1.87 bits per heavy atom. The first kappa shape index (κ1) is 15.3. The van der Waals surface area contributed by atoms with E-state index in [2.05, 4.69) is 41.4 Å². The SMILES string of the molecule is CCCC#CCCCCCCCCCI. The Hall–Kier alpha value is 0.290. The summed E-state index contributed by atoms with van der Waals surface area (Å²) in [5.74, 6) is 6.45. The molecule has 0 radical (unpaired) electrons. The van der Waals surface area contributed by atoms with Crippen molar-refractivity contribution in [1.29, 1.82) is 0 Å². The van der Waals surface area contributed by atoms with Gasteiger partial charge in [-0.05, 0) is 23.7 Å². The monoisotopic (exact) mass is 320 g/mol. The molecule has 0 rings (SSSR count). The largest absolute Gasteiger partial charge is 0.103 e. The van der Waals surface area contributed by atoms with E-state index in [9.17, 15) is 0 Å². The molecule has 15 heavy (non-hydrogen) atoms. The van der Waals surface area contributed by atoms with E-state index in [1.807, 2.05) is 0 Å². The standard InChI is InChI=1S/C14H25I/c1-2-3-4-5-6-7-8-9-10-11-12-13-14-15/h2-3,6-14H2,1H3. The molecule has 1 heteroatoms. The normalized spacial score (nSPS) is 9.73. The van der Waals surface area contributed by atoms with Gasteiger partial charge in [-0.2, -0.15) is 0 Å². The summed E-state index contributed by atoms with van der Waals surface area (Å²) in [6.45, 7) is 2.18. The number of hydrogen-bond donors (Lipinski definition) is 0. The third-order valence-corrected chi connectivity index (χ3v) is 3.20. The minimum Gasteiger partial charge on any atom is -0.103 e. The minimum atomic E-state index is 1.08. The lowest BCUT2D eigenvalue weighted by atomic mass is 10.1. The third kappa shape index (κ3) is 14.3. The van der Waals surface area contributed by atoms with Gasteiger partial charge in [-0.15, -0.1) is 11.8 Å². The summed E-state index contributed by atoms with van der Waals surface area (Å²) in [5, 5.41) is 0. The second-order valence-corrected chi connectivity index (χ2v) is 5.10. The number of halogens is 1. The fraction of sp³-hybridized carbons (Fsp3) is 0.857. The van der Waals surface area contributed by atoms with Crippen molar-refractivity contribution in [3.63, 3.8) is 0 Å². The Morgan fingerprint density at radius 1 is 0.733 bits per heavy atom. The van der Waals surface area contributed by atoms with E-state index in [1.165, 1.54) is 55.8 Å². The molecule has 0 atom stereocenters. The zero-order chi connectivity index (χ0) is 11.2. The van der Waals surface area contributed by atoms with Crippen LogP contribution in [0.4, 0.5) is 0 Å². The lowest BCUT2D eigenvalue weighted by Gasteiger charge is -1.98. The van der Waals surface area contributed by atoms with Crippen LogP contribution in [0.2, 0.25) is 0 Å². The first-order valence-corrected chi connectivity index (χ1v) is 7.96. The highest BCUT2D eigenvalue weighted by Crippen LogP contribution is 2.08. The van der Waals surface area contributed by atoms with Crippen molar-refractivity contribution in [3.8, 4) is 11.8 Å². The highest BCUT2D eigenvalue weighted by Gasteiger charge is 1.90. The Kier molecular flexibility index (Phi) is 14.6. The van der Waals surface area contributed by atoms with Crippen LogP contribution in [0.5, 0.6) is 0 Å². The van der Waals surface area contributed by atoms with Crippen molar-refractivity contribution in [1.82, 2.24) is 0 Å². The Bertz CT molecular complexity index is 164. The van der Waals surface area contributed by atoms with Crippen molar-refractivity contribution in [2.75, 3.05) is 4.43 Å². The fourth-order valence-corrected chi connectivity index (χ4v) is 2.03. The van der Waals surface area contributed by atoms with Gasteiger partial charge in [0, 0.05) is 12.8 Å². The van der Waals surface area contributed by atoms with Gasteiger partial charge < -0.3 is 0 Å². The maximum absolute atomic E-state index is 3.25. The van der Waals surface area contributed by atoms with Crippen LogP contribution in [-0.2, 0) is 0 Å². The third-order valence-electron chi connectivity index (χ3n) is 2.44. The van der Waals surface area contributed by atoms with Crippen LogP contribution in [0.15, 0.2) is 0 Å². The Labute approximate surface area is 110 Å². The number of unbranched alkanes of at least 4 members (excludes halogenated alkanes) is 8. The van der Waals surface area contributed by atoms with Crippen molar-refractivity contribution >= 4 is 22.6 Å². The first-order valence-electron chi connectivity index (χ1n) is 6.43. The summed E-state index contributed by atoms with van der Waals surface area (Å²) in [4.78, 5) is 0. The topological polar surface area (TPSA) is 0 Å². The van der Waals surface area contributed by atoms with Crippen molar-refractivity contribution in [2.45, 2.75) is 71.1 Å². The van der Waals surface area contributed by atoms with E-state index in [1.54, 1.807) is 0 Å². The summed E-state index contributed by atoms with van der Waals surface area (Å²) in [5.41, 5.74) is 0. The van der Waals surface area contributed by atoms with E-state index in [-0.39, 0.29) is 0 Å². The average Bonchev–Trinajstić information content (AvgIpc) is 2.26. The molecular formula is C14H25I. The highest BCUT2D eigenvalue weighted by atomic mass is 127. The van der Waals surface area contributed by atoms with E-state index in [0.717, 1.165) is 12.8 Å². The van der Waals surface area contributed by atoms with E-state index in [0.29, 0.717) is 0 Å². The van der Waals surface area contributed by atoms with Crippen LogP contribution in [0, 0.1) is 11.8 Å².